The number of anilines is 2. The Morgan fingerprint density at radius 2 is 1.97 bits per heavy atom. The molecule has 29 heavy (non-hydrogen) atoms. The smallest absolute Gasteiger partial charge is 0.271 e. The van der Waals surface area contributed by atoms with Crippen molar-refractivity contribution in [2.75, 3.05) is 10.6 Å². The number of primary amides is 2. The van der Waals surface area contributed by atoms with Crippen LogP contribution < -0.4 is 27.8 Å². The van der Waals surface area contributed by atoms with Gasteiger partial charge in [0.15, 0.2) is 11.5 Å². The number of nitrogens with one attached hydrogen (secondary N) is 2. The maximum atomic E-state index is 11.9. The summed E-state index contributed by atoms with van der Waals surface area (Å²) < 4.78 is 0. The summed E-state index contributed by atoms with van der Waals surface area (Å²) in [6.07, 6.45) is 10.5. The summed E-state index contributed by atoms with van der Waals surface area (Å²) in [6, 6.07) is -0.586. The second-order valence-electron chi connectivity index (χ2n) is 7.37. The second-order valence-corrected chi connectivity index (χ2v) is 7.81. The van der Waals surface area contributed by atoms with Gasteiger partial charge in [-0.15, -0.1) is 0 Å². The third kappa shape index (κ3) is 7.30. The van der Waals surface area contributed by atoms with Crippen LogP contribution in [0.2, 0.25) is 0 Å². The van der Waals surface area contributed by atoms with Crippen LogP contribution >= 0.6 is 12.2 Å². The van der Waals surface area contributed by atoms with E-state index in [4.69, 9.17) is 29.4 Å². The van der Waals surface area contributed by atoms with Crippen molar-refractivity contribution in [3.8, 4) is 0 Å². The fourth-order valence-corrected chi connectivity index (χ4v) is 3.71. The van der Waals surface area contributed by atoms with Gasteiger partial charge in [0.2, 0.25) is 5.91 Å². The number of hydrogen-bond donors (Lipinski definition) is 5. The van der Waals surface area contributed by atoms with E-state index in [1.54, 1.807) is 6.92 Å². The number of nitrogens with two attached hydrogens (primary N) is 3. The van der Waals surface area contributed by atoms with Crippen LogP contribution in [0.3, 0.4) is 0 Å². The summed E-state index contributed by atoms with van der Waals surface area (Å²) in [7, 11) is 0. The molecule has 0 spiro atoms. The number of hydrogen-bond acceptors (Lipinski definition) is 7. The van der Waals surface area contributed by atoms with E-state index in [-0.39, 0.29) is 16.5 Å². The van der Waals surface area contributed by atoms with Crippen molar-refractivity contribution in [2.24, 2.45) is 23.1 Å². The van der Waals surface area contributed by atoms with Crippen LogP contribution in [0, 0.1) is 5.92 Å². The number of allylic oxidation sites excluding steroid dienone is 1. The van der Waals surface area contributed by atoms with Gasteiger partial charge in [0, 0.05) is 5.70 Å². The van der Waals surface area contributed by atoms with E-state index >= 15 is 0 Å². The van der Waals surface area contributed by atoms with Gasteiger partial charge in [0.25, 0.3) is 5.91 Å². The van der Waals surface area contributed by atoms with Gasteiger partial charge in [-0.1, -0.05) is 44.3 Å². The Balaban J connectivity index is 2.13. The van der Waals surface area contributed by atoms with Gasteiger partial charge in [-0.25, -0.2) is 9.97 Å². The van der Waals surface area contributed by atoms with Crippen LogP contribution in [0.25, 0.3) is 0 Å². The molecule has 1 atom stereocenters. The minimum atomic E-state index is -0.758. The molecule has 2 amide bonds. The number of rotatable bonds is 9. The molecule has 0 aromatic carbocycles. The molecule has 0 unspecified atom stereocenters. The maximum absolute atomic E-state index is 11.9. The number of aromatic nitrogens is 2. The standard InChI is InChI=1S/C19H29N7O2S/c1-11(20)9-15(29)26-19-16(18(22)28)23-10-14(25-19)24-13(17(21)27)8-7-12-5-3-2-4-6-12/h9-10,12-13H,2-8,20H2,1H3,(H2,21,27)(H2,22,28)(H2,24,25,26,29)/b11-9-/t13-/m1/s1. The third-order valence-electron chi connectivity index (χ3n) is 4.86. The topological polar surface area (TPSA) is 162 Å². The summed E-state index contributed by atoms with van der Waals surface area (Å²) >= 11 is 5.16. The molecule has 158 valence electrons. The first-order valence-corrected chi connectivity index (χ1v) is 10.1. The van der Waals surface area contributed by atoms with E-state index in [9.17, 15) is 9.59 Å². The Hall–Kier alpha value is -2.75. The van der Waals surface area contributed by atoms with Gasteiger partial charge in [-0.3, -0.25) is 9.59 Å². The summed E-state index contributed by atoms with van der Waals surface area (Å²) in [5, 5.41) is 5.81. The van der Waals surface area contributed by atoms with E-state index in [0.29, 0.717) is 23.9 Å². The zero-order valence-electron chi connectivity index (χ0n) is 16.6. The lowest BCUT2D eigenvalue weighted by Gasteiger charge is -2.24. The summed E-state index contributed by atoms with van der Waals surface area (Å²) in [6.45, 7) is 1.68. The van der Waals surface area contributed by atoms with E-state index in [0.717, 1.165) is 6.42 Å². The molecule has 0 aliphatic heterocycles. The van der Waals surface area contributed by atoms with E-state index in [1.807, 2.05) is 0 Å². The van der Waals surface area contributed by atoms with E-state index < -0.39 is 17.9 Å². The van der Waals surface area contributed by atoms with Crippen molar-refractivity contribution >= 4 is 40.7 Å². The van der Waals surface area contributed by atoms with Crippen molar-refractivity contribution < 1.29 is 9.59 Å². The lowest BCUT2D eigenvalue weighted by Crippen LogP contribution is -2.36. The van der Waals surface area contributed by atoms with Crippen LogP contribution in [0.1, 0.15) is 62.4 Å². The predicted molar refractivity (Wildman–Crippen MR) is 117 cm³/mol. The highest BCUT2D eigenvalue weighted by atomic mass is 32.1. The molecular weight excluding hydrogens is 390 g/mol. The Kier molecular flexibility index (Phi) is 8.32. The van der Waals surface area contributed by atoms with E-state index in [2.05, 4.69) is 20.6 Å². The molecule has 1 heterocycles. The van der Waals surface area contributed by atoms with Crippen LogP contribution in [0.5, 0.6) is 0 Å². The average molecular weight is 420 g/mol. The monoisotopic (exact) mass is 419 g/mol. The molecule has 1 aromatic rings. The third-order valence-corrected chi connectivity index (χ3v) is 5.08. The first-order valence-electron chi connectivity index (χ1n) is 9.73. The molecule has 1 fully saturated rings. The summed E-state index contributed by atoms with van der Waals surface area (Å²) in [5.74, 6) is -0.224. The molecule has 0 radical (unpaired) electrons. The molecule has 1 aromatic heterocycles. The molecule has 1 aliphatic rings. The molecule has 0 saturated heterocycles. The highest BCUT2D eigenvalue weighted by Crippen LogP contribution is 2.28. The quantitative estimate of drug-likeness (QED) is 0.299. The van der Waals surface area contributed by atoms with Gasteiger partial charge in [-0.2, -0.15) is 0 Å². The van der Waals surface area contributed by atoms with Crippen LogP contribution in [-0.2, 0) is 4.79 Å². The molecule has 1 aliphatic carbocycles. The Bertz CT molecular complexity index is 787. The zero-order valence-corrected chi connectivity index (χ0v) is 17.4. The molecule has 8 N–H and O–H groups in total. The van der Waals surface area contributed by atoms with Gasteiger partial charge in [0.05, 0.1) is 6.20 Å². The lowest BCUT2D eigenvalue weighted by molar-refractivity contribution is -0.118. The van der Waals surface area contributed by atoms with Crippen molar-refractivity contribution in [1.29, 1.82) is 0 Å². The van der Waals surface area contributed by atoms with Crippen LogP contribution in [0.4, 0.5) is 11.6 Å². The fraction of sp³-hybridized carbons (Fsp3) is 0.526. The normalized spacial score (nSPS) is 16.1. The molecule has 10 heteroatoms. The zero-order chi connectivity index (χ0) is 21.4. The van der Waals surface area contributed by atoms with Gasteiger partial charge in [0.1, 0.15) is 16.8 Å². The SMILES string of the molecule is C/C(N)=C/C(=S)Nc1nc(N[C@H](CCC2CCCCC2)C(N)=O)cnc1C(N)=O. The molecule has 2 rings (SSSR count). The Morgan fingerprint density at radius 1 is 1.28 bits per heavy atom. The number of thiocarbonyl (C=S) groups is 1. The minimum absolute atomic E-state index is 0.0706. The van der Waals surface area contributed by atoms with Gasteiger partial charge >= 0.3 is 0 Å². The Morgan fingerprint density at radius 3 is 2.55 bits per heavy atom. The molecule has 9 nitrogen and oxygen atoms in total. The molecular formula is C19H29N7O2S. The van der Waals surface area contributed by atoms with E-state index in [1.165, 1.54) is 44.4 Å². The first kappa shape index (κ1) is 22.5. The Labute approximate surface area is 175 Å². The van der Waals surface area contributed by atoms with Crippen LogP contribution in [-0.4, -0.2) is 32.8 Å². The average Bonchev–Trinajstić information content (AvgIpc) is 2.65. The molecule has 1 saturated carbocycles. The first-order chi connectivity index (χ1) is 13.8. The van der Waals surface area contributed by atoms with Crippen molar-refractivity contribution in [2.45, 2.75) is 57.9 Å². The molecule has 0 bridgehead atoms. The number of carbonyl (C=O) groups excluding carboxylic acids is 2. The number of carbonyl (C=O) groups is 2. The largest absolute Gasteiger partial charge is 0.402 e. The maximum Gasteiger partial charge on any atom is 0.271 e. The number of nitrogens with zero attached hydrogens (tertiary/aromatic N) is 2. The highest BCUT2D eigenvalue weighted by Gasteiger charge is 2.21. The summed E-state index contributed by atoms with van der Waals surface area (Å²) in [5.41, 5.74) is 17.0. The highest BCUT2D eigenvalue weighted by molar-refractivity contribution is 7.81. The lowest BCUT2D eigenvalue weighted by atomic mass is 9.85. The van der Waals surface area contributed by atoms with Crippen molar-refractivity contribution in [3.05, 3.63) is 23.7 Å². The van der Waals surface area contributed by atoms with Crippen molar-refractivity contribution in [3.63, 3.8) is 0 Å². The summed E-state index contributed by atoms with van der Waals surface area (Å²) in [4.78, 5) is 32.2. The minimum Gasteiger partial charge on any atom is -0.402 e. The second kappa shape index (κ2) is 10.7. The van der Waals surface area contributed by atoms with Gasteiger partial charge in [-0.05, 0) is 31.8 Å². The predicted octanol–water partition coefficient (Wildman–Crippen LogP) is 1.80. The van der Waals surface area contributed by atoms with Crippen molar-refractivity contribution in [1.82, 2.24) is 9.97 Å². The van der Waals surface area contributed by atoms with Gasteiger partial charge < -0.3 is 27.8 Å². The fourth-order valence-electron chi connectivity index (χ4n) is 3.43. The number of amides is 2. The van der Waals surface area contributed by atoms with Crippen LogP contribution in [0.15, 0.2) is 18.0 Å².